The number of piperidine rings is 1. The second-order valence-corrected chi connectivity index (χ2v) is 16.3. The van der Waals surface area contributed by atoms with Crippen molar-refractivity contribution in [3.63, 3.8) is 0 Å². The molecule has 3 aromatic rings. The van der Waals surface area contributed by atoms with Crippen LogP contribution in [0.3, 0.4) is 0 Å². The number of aryl methyl sites for hydroxylation is 1. The number of ether oxygens (including phenoxy) is 2. The molecule has 2 heterocycles. The topological polar surface area (TPSA) is 71.5 Å². The second-order valence-electron chi connectivity index (χ2n) is 16.3. The molecule has 1 saturated heterocycles. The molecule has 0 aromatic heterocycles. The van der Waals surface area contributed by atoms with Gasteiger partial charge >= 0.3 is 5.97 Å². The van der Waals surface area contributed by atoms with Gasteiger partial charge in [0, 0.05) is 30.0 Å². The first kappa shape index (κ1) is 32.8. The van der Waals surface area contributed by atoms with E-state index in [4.69, 9.17) is 14.3 Å². The van der Waals surface area contributed by atoms with Crippen LogP contribution in [0.1, 0.15) is 81.5 Å². The Kier molecular flexibility index (Phi) is 8.74. The highest BCUT2D eigenvalue weighted by Crippen LogP contribution is 2.64. The van der Waals surface area contributed by atoms with E-state index in [0.717, 1.165) is 56.6 Å². The quantitative estimate of drug-likeness (QED) is 0.127. The molecular formula is C42H52N2O5. The number of esters is 1. The number of phenolic OH excluding ortho intramolecular Hbond substituents is 1. The Labute approximate surface area is 291 Å². The fourth-order valence-electron chi connectivity index (χ4n) is 9.71. The first-order valence-electron chi connectivity index (χ1n) is 18.7. The van der Waals surface area contributed by atoms with E-state index in [0.29, 0.717) is 30.7 Å². The lowest BCUT2D eigenvalue weighted by Gasteiger charge is -2.60. The van der Waals surface area contributed by atoms with E-state index in [9.17, 15) is 9.90 Å². The third kappa shape index (κ3) is 6.28. The first-order valence-corrected chi connectivity index (χ1v) is 18.7. The Balaban J connectivity index is 1.16. The molecule has 7 heteroatoms. The number of aromatic hydroxyl groups is 1. The summed E-state index contributed by atoms with van der Waals surface area (Å²) in [7, 11) is 0. The van der Waals surface area contributed by atoms with Gasteiger partial charge in [-0.05, 0) is 113 Å². The summed E-state index contributed by atoms with van der Waals surface area (Å²) in [6, 6.07) is 24.3. The molecule has 49 heavy (non-hydrogen) atoms. The van der Waals surface area contributed by atoms with Crippen molar-refractivity contribution in [2.75, 3.05) is 19.7 Å². The molecule has 1 spiro atoms. The van der Waals surface area contributed by atoms with E-state index >= 15 is 0 Å². The van der Waals surface area contributed by atoms with Crippen LogP contribution in [0.5, 0.6) is 11.5 Å². The number of carbonyl (C=O) groups is 1. The van der Waals surface area contributed by atoms with Crippen LogP contribution in [0.15, 0.2) is 72.8 Å². The number of benzene rings is 3. The highest BCUT2D eigenvalue weighted by Gasteiger charge is 2.67. The number of carbonyl (C=O) groups excluding carboxylic acids is 1. The average molecular weight is 665 g/mol. The molecule has 260 valence electrons. The molecule has 1 N–H and O–H groups in total. The van der Waals surface area contributed by atoms with Gasteiger partial charge < -0.3 is 14.6 Å². The average Bonchev–Trinajstić information content (AvgIpc) is 3.84. The molecule has 8 rings (SSSR count). The monoisotopic (exact) mass is 664 g/mol. The molecule has 5 aliphatic rings. The van der Waals surface area contributed by atoms with Gasteiger partial charge in [0.05, 0.1) is 12.6 Å². The SMILES string of the molecule is CC(C)(C)OC(=O)[C@H](Cc1ccccc1)N(OCCCc1ccccc1)[C@H]1CC[C@H]2[C@H]3Cc4ccc(O)c5c4[C@@]2(CCN3CC2CC2)[C@H]1O5. The largest absolute Gasteiger partial charge is 0.504 e. The summed E-state index contributed by atoms with van der Waals surface area (Å²) in [5, 5.41) is 13.3. The normalized spacial score (nSPS) is 27.8. The van der Waals surface area contributed by atoms with Gasteiger partial charge in [0.25, 0.3) is 0 Å². The van der Waals surface area contributed by atoms with Crippen molar-refractivity contribution in [1.82, 2.24) is 9.96 Å². The lowest BCUT2D eigenvalue weighted by atomic mass is 9.51. The summed E-state index contributed by atoms with van der Waals surface area (Å²) in [5.74, 6) is 1.88. The highest BCUT2D eigenvalue weighted by molar-refractivity contribution is 5.76. The van der Waals surface area contributed by atoms with Crippen molar-refractivity contribution in [3.8, 4) is 11.5 Å². The maximum Gasteiger partial charge on any atom is 0.326 e. The van der Waals surface area contributed by atoms with Crippen molar-refractivity contribution < 1.29 is 24.2 Å². The van der Waals surface area contributed by atoms with Crippen LogP contribution in [-0.4, -0.2) is 70.6 Å². The zero-order valence-corrected chi connectivity index (χ0v) is 29.4. The fraction of sp³-hybridized carbons (Fsp3) is 0.548. The third-order valence-electron chi connectivity index (χ3n) is 11.9. The van der Waals surface area contributed by atoms with Crippen LogP contribution in [0.4, 0.5) is 0 Å². The lowest BCUT2D eigenvalue weighted by molar-refractivity contribution is -0.251. The third-order valence-corrected chi connectivity index (χ3v) is 11.9. The number of rotatable bonds is 12. The smallest absolute Gasteiger partial charge is 0.326 e. The van der Waals surface area contributed by atoms with Gasteiger partial charge in [0.2, 0.25) is 0 Å². The highest BCUT2D eigenvalue weighted by atomic mass is 16.7. The number of hydrogen-bond acceptors (Lipinski definition) is 7. The van der Waals surface area contributed by atoms with E-state index in [1.165, 1.54) is 36.1 Å². The predicted molar refractivity (Wildman–Crippen MR) is 189 cm³/mol. The summed E-state index contributed by atoms with van der Waals surface area (Å²) in [6.07, 6.45) is 8.52. The van der Waals surface area contributed by atoms with Gasteiger partial charge in [-0.3, -0.25) is 14.5 Å². The molecule has 3 fully saturated rings. The summed E-state index contributed by atoms with van der Waals surface area (Å²) < 4.78 is 13.2. The summed E-state index contributed by atoms with van der Waals surface area (Å²) >= 11 is 0. The van der Waals surface area contributed by atoms with E-state index < -0.39 is 11.6 Å². The molecule has 6 atom stereocenters. The van der Waals surface area contributed by atoms with Gasteiger partial charge in [-0.15, -0.1) is 0 Å². The molecule has 2 bridgehead atoms. The van der Waals surface area contributed by atoms with Gasteiger partial charge in [-0.2, -0.15) is 5.06 Å². The van der Waals surface area contributed by atoms with Crippen LogP contribution in [0.25, 0.3) is 0 Å². The minimum absolute atomic E-state index is 0.192. The summed E-state index contributed by atoms with van der Waals surface area (Å²) in [5.41, 5.74) is 4.01. The van der Waals surface area contributed by atoms with E-state index in [1.807, 2.05) is 56.2 Å². The minimum Gasteiger partial charge on any atom is -0.504 e. The molecule has 0 radical (unpaired) electrons. The predicted octanol–water partition coefficient (Wildman–Crippen LogP) is 7.03. The maximum atomic E-state index is 14.3. The Bertz CT molecular complexity index is 1640. The number of phenols is 1. The number of nitrogens with zero attached hydrogens (tertiary/aromatic N) is 2. The number of likely N-dealkylation sites (tertiary alicyclic amines) is 1. The van der Waals surface area contributed by atoms with E-state index in [1.54, 1.807) is 0 Å². The van der Waals surface area contributed by atoms with Crippen LogP contribution in [0, 0.1) is 11.8 Å². The van der Waals surface area contributed by atoms with Gasteiger partial charge in [-0.25, -0.2) is 0 Å². The number of hydroxylamine groups is 2. The van der Waals surface area contributed by atoms with Crippen molar-refractivity contribution in [1.29, 1.82) is 0 Å². The van der Waals surface area contributed by atoms with E-state index in [2.05, 4.69) is 47.4 Å². The van der Waals surface area contributed by atoms with Crippen LogP contribution >= 0.6 is 0 Å². The van der Waals surface area contributed by atoms with Crippen molar-refractivity contribution >= 4 is 5.97 Å². The Morgan fingerprint density at radius 3 is 2.45 bits per heavy atom. The standard InChI is InChI=1S/C42H52N2O5/c1-41(2,3)49-40(46)35(25-29-13-8-5-9-14-29)44(47-24-10-15-28-11-6-4-7-12-28)33-20-19-32-34-26-31-18-21-36(45)38-37(31)42(32,39(33)48-38)22-23-43(34)27-30-16-17-30/h4-9,11-14,18,21,30,32-35,39,45H,10,15-17,19-20,22-27H2,1-3H3/t32-,33-,34+,35-,39-,42-/m0/s1. The molecule has 2 saturated carbocycles. The Hall–Kier alpha value is -3.39. The fourth-order valence-corrected chi connectivity index (χ4v) is 9.71. The molecule has 3 aliphatic carbocycles. The minimum atomic E-state index is -0.661. The zero-order chi connectivity index (χ0) is 33.8. The molecule has 0 unspecified atom stereocenters. The second kappa shape index (κ2) is 13.1. The first-order chi connectivity index (χ1) is 23.7. The van der Waals surface area contributed by atoms with Gasteiger partial charge in [0.15, 0.2) is 11.5 Å². The van der Waals surface area contributed by atoms with Crippen LogP contribution in [-0.2, 0) is 39.0 Å². The van der Waals surface area contributed by atoms with Crippen LogP contribution < -0.4 is 4.74 Å². The molecule has 0 amide bonds. The van der Waals surface area contributed by atoms with Gasteiger partial charge in [0.1, 0.15) is 17.7 Å². The summed E-state index contributed by atoms with van der Waals surface area (Å²) in [4.78, 5) is 24.0. The molecule has 7 nitrogen and oxygen atoms in total. The molecular weight excluding hydrogens is 612 g/mol. The van der Waals surface area contributed by atoms with Crippen LogP contribution in [0.2, 0.25) is 0 Å². The van der Waals surface area contributed by atoms with Gasteiger partial charge in [-0.1, -0.05) is 66.7 Å². The maximum absolute atomic E-state index is 14.3. The molecule has 3 aromatic carbocycles. The Morgan fingerprint density at radius 1 is 1.00 bits per heavy atom. The zero-order valence-electron chi connectivity index (χ0n) is 29.4. The summed E-state index contributed by atoms with van der Waals surface area (Å²) in [6.45, 7) is 8.50. The lowest BCUT2D eigenvalue weighted by Crippen LogP contribution is -2.70. The van der Waals surface area contributed by atoms with Crippen molar-refractivity contribution in [2.45, 2.75) is 114 Å². The van der Waals surface area contributed by atoms with E-state index in [-0.39, 0.29) is 29.3 Å². The number of hydrogen-bond donors (Lipinski definition) is 1. The molecule has 2 aliphatic heterocycles. The van der Waals surface area contributed by atoms with Crippen molar-refractivity contribution in [2.24, 2.45) is 11.8 Å². The Morgan fingerprint density at radius 2 is 1.73 bits per heavy atom. The van der Waals surface area contributed by atoms with Crippen molar-refractivity contribution in [3.05, 3.63) is 95.1 Å².